The first kappa shape index (κ1) is 17.5. The predicted octanol–water partition coefficient (Wildman–Crippen LogP) is 3.69. The van der Waals surface area contributed by atoms with Crippen molar-refractivity contribution in [2.75, 3.05) is 32.5 Å². The lowest BCUT2D eigenvalue weighted by atomic mass is 10.2. The first-order valence-electron chi connectivity index (χ1n) is 8.60. The highest BCUT2D eigenvalue weighted by Gasteiger charge is 2.03. The predicted molar refractivity (Wildman–Crippen MR) is 97.8 cm³/mol. The molecule has 0 fully saturated rings. The fourth-order valence-electron chi connectivity index (χ4n) is 2.39. The summed E-state index contributed by atoms with van der Waals surface area (Å²) >= 11 is 0. The van der Waals surface area contributed by atoms with Crippen LogP contribution >= 0.6 is 0 Å². The van der Waals surface area contributed by atoms with Crippen molar-refractivity contribution in [2.45, 2.75) is 39.0 Å². The van der Waals surface area contributed by atoms with Crippen molar-refractivity contribution in [3.63, 3.8) is 0 Å². The van der Waals surface area contributed by atoms with E-state index in [1.165, 1.54) is 19.3 Å². The molecule has 23 heavy (non-hydrogen) atoms. The van der Waals surface area contributed by atoms with Crippen LogP contribution in [-0.2, 0) is 0 Å². The third kappa shape index (κ3) is 5.67. The Bertz CT molecular complexity index is 615. The second-order valence-corrected chi connectivity index (χ2v) is 6.15. The lowest BCUT2D eigenvalue weighted by Crippen LogP contribution is -2.14. The number of anilines is 1. The van der Waals surface area contributed by atoms with Crippen molar-refractivity contribution < 1.29 is 0 Å². The second kappa shape index (κ2) is 9.30. The highest BCUT2D eigenvalue weighted by molar-refractivity contribution is 5.53. The zero-order valence-corrected chi connectivity index (χ0v) is 14.6. The number of nitrogens with zero attached hydrogens (tertiary/aromatic N) is 4. The molecule has 0 aromatic carbocycles. The van der Waals surface area contributed by atoms with E-state index in [0.29, 0.717) is 0 Å². The standard InChI is InChI=1S/C18H29N5/c1-4-5-6-7-10-16-15-20-18-12-11-17(21-23(16)18)19-13-8-9-14-22(2)3/h7,10-12,15H,4-6,8-9,13-14H2,1-3H3,(H,19,21). The maximum atomic E-state index is 4.65. The van der Waals surface area contributed by atoms with Crippen LogP contribution < -0.4 is 5.32 Å². The van der Waals surface area contributed by atoms with E-state index in [9.17, 15) is 0 Å². The number of aromatic nitrogens is 3. The Morgan fingerprint density at radius 1 is 1.22 bits per heavy atom. The van der Waals surface area contributed by atoms with E-state index >= 15 is 0 Å². The third-order valence-corrected chi connectivity index (χ3v) is 3.74. The maximum absolute atomic E-state index is 4.65. The topological polar surface area (TPSA) is 45.5 Å². The van der Waals surface area contributed by atoms with Gasteiger partial charge in [0.1, 0.15) is 5.82 Å². The number of hydrogen-bond donors (Lipinski definition) is 1. The molecule has 0 bridgehead atoms. The number of hydrogen-bond acceptors (Lipinski definition) is 4. The smallest absolute Gasteiger partial charge is 0.154 e. The van der Waals surface area contributed by atoms with Gasteiger partial charge in [0.25, 0.3) is 0 Å². The minimum Gasteiger partial charge on any atom is -0.369 e. The van der Waals surface area contributed by atoms with Crippen LogP contribution in [0, 0.1) is 0 Å². The highest BCUT2D eigenvalue weighted by atomic mass is 15.3. The SMILES string of the molecule is CCCCC=Cc1cnc2ccc(NCCCCN(C)C)nn12. The van der Waals surface area contributed by atoms with Crippen LogP contribution in [0.3, 0.4) is 0 Å². The Labute approximate surface area is 139 Å². The first-order chi connectivity index (χ1) is 11.2. The summed E-state index contributed by atoms with van der Waals surface area (Å²) in [6.07, 6.45) is 12.1. The molecule has 1 N–H and O–H groups in total. The van der Waals surface area contributed by atoms with Gasteiger partial charge in [0.15, 0.2) is 5.65 Å². The van der Waals surface area contributed by atoms with Gasteiger partial charge in [-0.15, -0.1) is 5.10 Å². The molecule has 2 aromatic rings. The van der Waals surface area contributed by atoms with Gasteiger partial charge in [0, 0.05) is 6.54 Å². The molecule has 0 unspecified atom stereocenters. The van der Waals surface area contributed by atoms with Gasteiger partial charge in [-0.25, -0.2) is 9.50 Å². The quantitative estimate of drug-likeness (QED) is 0.679. The fraction of sp³-hybridized carbons (Fsp3) is 0.556. The molecule has 5 nitrogen and oxygen atoms in total. The zero-order valence-electron chi connectivity index (χ0n) is 14.6. The van der Waals surface area contributed by atoms with E-state index in [0.717, 1.165) is 43.1 Å². The summed E-state index contributed by atoms with van der Waals surface area (Å²) in [5, 5.41) is 8.05. The highest BCUT2D eigenvalue weighted by Crippen LogP contribution is 2.11. The van der Waals surface area contributed by atoms with Crippen LogP contribution in [0.5, 0.6) is 0 Å². The van der Waals surface area contributed by atoms with E-state index in [2.05, 4.69) is 53.5 Å². The van der Waals surface area contributed by atoms with Crippen molar-refractivity contribution in [3.05, 3.63) is 30.1 Å². The minimum atomic E-state index is 0.887. The molecule has 0 spiro atoms. The molecule has 0 saturated carbocycles. The van der Waals surface area contributed by atoms with E-state index in [1.807, 2.05) is 22.8 Å². The molecule has 0 aliphatic heterocycles. The Morgan fingerprint density at radius 2 is 2.09 bits per heavy atom. The van der Waals surface area contributed by atoms with Crippen molar-refractivity contribution in [2.24, 2.45) is 0 Å². The van der Waals surface area contributed by atoms with Crippen LogP contribution in [-0.4, -0.2) is 46.7 Å². The van der Waals surface area contributed by atoms with Gasteiger partial charge in [0.2, 0.25) is 0 Å². The molecule has 2 rings (SSSR count). The number of rotatable bonds is 10. The fourth-order valence-corrected chi connectivity index (χ4v) is 2.39. The van der Waals surface area contributed by atoms with Gasteiger partial charge in [0.05, 0.1) is 11.9 Å². The summed E-state index contributed by atoms with van der Waals surface area (Å²) in [6, 6.07) is 4.01. The molecule has 0 aliphatic carbocycles. The summed E-state index contributed by atoms with van der Waals surface area (Å²) < 4.78 is 1.91. The summed E-state index contributed by atoms with van der Waals surface area (Å²) in [6.45, 7) is 4.28. The number of unbranched alkanes of at least 4 members (excludes halogenated alkanes) is 3. The number of nitrogens with one attached hydrogen (secondary N) is 1. The molecule has 5 heteroatoms. The summed E-state index contributed by atoms with van der Waals surface area (Å²) in [5.74, 6) is 0.906. The third-order valence-electron chi connectivity index (χ3n) is 3.74. The van der Waals surface area contributed by atoms with Gasteiger partial charge in [-0.1, -0.05) is 25.8 Å². The molecule has 2 heterocycles. The number of allylic oxidation sites excluding steroid dienone is 1. The molecule has 0 radical (unpaired) electrons. The zero-order chi connectivity index (χ0) is 16.5. The van der Waals surface area contributed by atoms with Crippen LogP contribution in [0.4, 0.5) is 5.82 Å². The van der Waals surface area contributed by atoms with Gasteiger partial charge in [-0.05, 0) is 58.1 Å². The Hall–Kier alpha value is -1.88. The van der Waals surface area contributed by atoms with Crippen molar-refractivity contribution >= 4 is 17.5 Å². The van der Waals surface area contributed by atoms with Crippen LogP contribution in [0.25, 0.3) is 11.7 Å². The average molecular weight is 315 g/mol. The second-order valence-electron chi connectivity index (χ2n) is 6.15. The van der Waals surface area contributed by atoms with Crippen molar-refractivity contribution in [1.82, 2.24) is 19.5 Å². The maximum Gasteiger partial charge on any atom is 0.154 e. The normalized spacial score (nSPS) is 11.8. The number of imidazole rings is 1. The van der Waals surface area contributed by atoms with E-state index < -0.39 is 0 Å². The van der Waals surface area contributed by atoms with Crippen LogP contribution in [0.2, 0.25) is 0 Å². The van der Waals surface area contributed by atoms with Crippen molar-refractivity contribution in [3.8, 4) is 0 Å². The molecule has 0 saturated heterocycles. The van der Waals surface area contributed by atoms with Crippen LogP contribution in [0.15, 0.2) is 24.4 Å². The summed E-state index contributed by atoms with van der Waals surface area (Å²) in [7, 11) is 4.22. The van der Waals surface area contributed by atoms with Gasteiger partial charge in [-0.3, -0.25) is 0 Å². The van der Waals surface area contributed by atoms with E-state index in [4.69, 9.17) is 0 Å². The molecule has 2 aromatic heterocycles. The molecular formula is C18H29N5. The van der Waals surface area contributed by atoms with E-state index in [1.54, 1.807) is 0 Å². The van der Waals surface area contributed by atoms with Crippen LogP contribution in [0.1, 0.15) is 44.7 Å². The first-order valence-corrected chi connectivity index (χ1v) is 8.60. The Balaban J connectivity index is 1.93. The van der Waals surface area contributed by atoms with Gasteiger partial charge in [-0.2, -0.15) is 0 Å². The largest absolute Gasteiger partial charge is 0.369 e. The van der Waals surface area contributed by atoms with Gasteiger partial charge >= 0.3 is 0 Å². The minimum absolute atomic E-state index is 0.887. The molecule has 0 aliphatic rings. The van der Waals surface area contributed by atoms with E-state index in [-0.39, 0.29) is 0 Å². The van der Waals surface area contributed by atoms with Crippen molar-refractivity contribution in [1.29, 1.82) is 0 Å². The molecule has 126 valence electrons. The average Bonchev–Trinajstić information content (AvgIpc) is 2.93. The molecule has 0 atom stereocenters. The lowest BCUT2D eigenvalue weighted by molar-refractivity contribution is 0.396. The van der Waals surface area contributed by atoms with Gasteiger partial charge < -0.3 is 10.2 Å². The lowest BCUT2D eigenvalue weighted by Gasteiger charge is -2.09. The Morgan fingerprint density at radius 3 is 2.87 bits per heavy atom. The molecule has 0 amide bonds. The monoisotopic (exact) mass is 315 g/mol. The molecular weight excluding hydrogens is 286 g/mol. The number of fused-ring (bicyclic) bond motifs is 1. The summed E-state index contributed by atoms with van der Waals surface area (Å²) in [4.78, 5) is 6.62. The Kier molecular flexibility index (Phi) is 7.07. The summed E-state index contributed by atoms with van der Waals surface area (Å²) in [5.41, 5.74) is 1.92.